The first kappa shape index (κ1) is 16.2. The van der Waals surface area contributed by atoms with Crippen molar-refractivity contribution in [3.05, 3.63) is 37.0 Å². The molecule has 0 aromatic heterocycles. The van der Waals surface area contributed by atoms with Crippen LogP contribution in [0.4, 0.5) is 0 Å². The highest BCUT2D eigenvalue weighted by molar-refractivity contribution is 4.92. The molecule has 0 saturated heterocycles. The molecule has 0 fully saturated rings. The topological polar surface area (TPSA) is 0 Å². The Hall–Kier alpha value is -0.780. The lowest BCUT2D eigenvalue weighted by Crippen LogP contribution is -1.93. The van der Waals surface area contributed by atoms with Crippen molar-refractivity contribution in [3.63, 3.8) is 0 Å². The highest BCUT2D eigenvalue weighted by Gasteiger charge is 1.99. The molecule has 0 heteroatoms. The van der Waals surface area contributed by atoms with Gasteiger partial charge in [0.25, 0.3) is 0 Å². The summed E-state index contributed by atoms with van der Waals surface area (Å²) in [6, 6.07) is 0. The Labute approximate surface area is 109 Å². The van der Waals surface area contributed by atoms with Crippen LogP contribution in [-0.4, -0.2) is 0 Å². The summed E-state index contributed by atoms with van der Waals surface area (Å²) >= 11 is 0. The Balaban J connectivity index is 3.67. The van der Waals surface area contributed by atoms with Gasteiger partial charge in [0.1, 0.15) is 0 Å². The molecule has 0 rings (SSSR count). The molecule has 0 bridgehead atoms. The van der Waals surface area contributed by atoms with Gasteiger partial charge in [0.15, 0.2) is 0 Å². The van der Waals surface area contributed by atoms with E-state index in [0.29, 0.717) is 5.92 Å². The van der Waals surface area contributed by atoms with E-state index < -0.39 is 0 Å². The second-order valence-corrected chi connectivity index (χ2v) is 5.17. The number of hydrogen-bond acceptors (Lipinski definition) is 0. The standard InChI is InChI=1S/C17H30/c1-5-7-8-11-14-17(6-2)15-12-9-10-13-16(3)4/h6,8-11,16-17H,2,5,7,12-15H2,1,3-4H3. The summed E-state index contributed by atoms with van der Waals surface area (Å²) in [5.41, 5.74) is 0. The Morgan fingerprint density at radius 1 is 0.941 bits per heavy atom. The number of hydrogen-bond donors (Lipinski definition) is 0. The third kappa shape index (κ3) is 11.5. The van der Waals surface area contributed by atoms with Gasteiger partial charge in [-0.2, -0.15) is 0 Å². The van der Waals surface area contributed by atoms with Crippen molar-refractivity contribution < 1.29 is 0 Å². The molecular weight excluding hydrogens is 204 g/mol. The van der Waals surface area contributed by atoms with Gasteiger partial charge in [0, 0.05) is 0 Å². The molecular formula is C17H30. The third-order valence-electron chi connectivity index (χ3n) is 2.87. The average molecular weight is 234 g/mol. The van der Waals surface area contributed by atoms with Gasteiger partial charge in [0.2, 0.25) is 0 Å². The normalized spacial score (nSPS) is 13.9. The van der Waals surface area contributed by atoms with Crippen LogP contribution in [0.2, 0.25) is 0 Å². The van der Waals surface area contributed by atoms with Crippen molar-refractivity contribution in [2.45, 2.75) is 59.3 Å². The predicted octanol–water partition coefficient (Wildman–Crippen LogP) is 5.92. The number of unbranched alkanes of at least 4 members (excludes halogenated alkanes) is 1. The average Bonchev–Trinajstić information content (AvgIpc) is 2.31. The van der Waals surface area contributed by atoms with E-state index in [0.717, 1.165) is 12.3 Å². The van der Waals surface area contributed by atoms with Crippen LogP contribution in [0.15, 0.2) is 37.0 Å². The van der Waals surface area contributed by atoms with E-state index in [1.807, 2.05) is 0 Å². The molecule has 1 unspecified atom stereocenters. The molecule has 0 amide bonds. The van der Waals surface area contributed by atoms with Gasteiger partial charge in [-0.15, -0.1) is 6.58 Å². The predicted molar refractivity (Wildman–Crippen MR) is 80.2 cm³/mol. The summed E-state index contributed by atoms with van der Waals surface area (Å²) in [4.78, 5) is 0. The van der Waals surface area contributed by atoms with Crippen molar-refractivity contribution in [2.75, 3.05) is 0 Å². The molecule has 0 saturated carbocycles. The fraction of sp³-hybridized carbons (Fsp3) is 0.647. The quantitative estimate of drug-likeness (QED) is 0.412. The minimum absolute atomic E-state index is 0.645. The van der Waals surface area contributed by atoms with E-state index in [-0.39, 0.29) is 0 Å². The minimum Gasteiger partial charge on any atom is -0.103 e. The molecule has 0 spiro atoms. The van der Waals surface area contributed by atoms with E-state index in [1.54, 1.807) is 0 Å². The third-order valence-corrected chi connectivity index (χ3v) is 2.87. The Kier molecular flexibility index (Phi) is 11.2. The Morgan fingerprint density at radius 3 is 2.18 bits per heavy atom. The van der Waals surface area contributed by atoms with Crippen molar-refractivity contribution >= 4 is 0 Å². The molecule has 0 heterocycles. The SMILES string of the molecule is C=CC(CC=CCCC)CCC=CCC(C)C. The van der Waals surface area contributed by atoms with Crippen LogP contribution in [0, 0.1) is 11.8 Å². The van der Waals surface area contributed by atoms with Crippen LogP contribution < -0.4 is 0 Å². The first-order valence-electron chi connectivity index (χ1n) is 7.13. The zero-order valence-corrected chi connectivity index (χ0v) is 12.0. The summed E-state index contributed by atoms with van der Waals surface area (Å²) in [7, 11) is 0. The molecule has 0 aliphatic rings. The Bertz CT molecular complexity index is 220. The van der Waals surface area contributed by atoms with Gasteiger partial charge in [-0.1, -0.05) is 57.6 Å². The lowest BCUT2D eigenvalue weighted by molar-refractivity contribution is 0.604. The van der Waals surface area contributed by atoms with Gasteiger partial charge in [-0.25, -0.2) is 0 Å². The second-order valence-electron chi connectivity index (χ2n) is 5.17. The maximum absolute atomic E-state index is 3.93. The molecule has 98 valence electrons. The molecule has 0 radical (unpaired) electrons. The maximum atomic E-state index is 3.93. The van der Waals surface area contributed by atoms with E-state index in [2.05, 4.69) is 57.7 Å². The number of rotatable bonds is 10. The zero-order valence-electron chi connectivity index (χ0n) is 12.0. The van der Waals surface area contributed by atoms with Crippen LogP contribution in [0.5, 0.6) is 0 Å². The van der Waals surface area contributed by atoms with E-state index in [9.17, 15) is 0 Å². The van der Waals surface area contributed by atoms with Crippen molar-refractivity contribution in [1.82, 2.24) is 0 Å². The monoisotopic (exact) mass is 234 g/mol. The first-order chi connectivity index (χ1) is 8.20. The molecule has 17 heavy (non-hydrogen) atoms. The van der Waals surface area contributed by atoms with Crippen LogP contribution in [0.1, 0.15) is 59.3 Å². The van der Waals surface area contributed by atoms with E-state index >= 15 is 0 Å². The molecule has 0 aromatic carbocycles. The van der Waals surface area contributed by atoms with Gasteiger partial charge in [-0.3, -0.25) is 0 Å². The van der Waals surface area contributed by atoms with Crippen LogP contribution in [-0.2, 0) is 0 Å². The fourth-order valence-electron chi connectivity index (χ4n) is 1.68. The van der Waals surface area contributed by atoms with Crippen molar-refractivity contribution in [3.8, 4) is 0 Å². The lowest BCUT2D eigenvalue weighted by atomic mass is 9.98. The molecule has 0 aromatic rings. The molecule has 0 N–H and O–H groups in total. The van der Waals surface area contributed by atoms with Crippen LogP contribution in [0.25, 0.3) is 0 Å². The summed E-state index contributed by atoms with van der Waals surface area (Å²) in [6.07, 6.45) is 18.6. The second kappa shape index (κ2) is 11.7. The Morgan fingerprint density at radius 2 is 1.59 bits per heavy atom. The van der Waals surface area contributed by atoms with Crippen LogP contribution in [0.3, 0.4) is 0 Å². The van der Waals surface area contributed by atoms with Crippen LogP contribution >= 0.6 is 0 Å². The summed E-state index contributed by atoms with van der Waals surface area (Å²) < 4.78 is 0. The smallest absolute Gasteiger partial charge is 0.0199 e. The maximum Gasteiger partial charge on any atom is -0.0199 e. The molecule has 0 aliphatic carbocycles. The highest BCUT2D eigenvalue weighted by atomic mass is 14.0. The lowest BCUT2D eigenvalue weighted by Gasteiger charge is -2.07. The van der Waals surface area contributed by atoms with Gasteiger partial charge < -0.3 is 0 Å². The van der Waals surface area contributed by atoms with Gasteiger partial charge >= 0.3 is 0 Å². The first-order valence-corrected chi connectivity index (χ1v) is 7.13. The van der Waals surface area contributed by atoms with Crippen molar-refractivity contribution in [1.29, 1.82) is 0 Å². The van der Waals surface area contributed by atoms with Crippen molar-refractivity contribution in [2.24, 2.45) is 11.8 Å². The summed E-state index contributed by atoms with van der Waals surface area (Å²) in [6.45, 7) is 10.7. The summed E-state index contributed by atoms with van der Waals surface area (Å²) in [5.74, 6) is 1.42. The van der Waals surface area contributed by atoms with E-state index in [4.69, 9.17) is 0 Å². The largest absolute Gasteiger partial charge is 0.103 e. The van der Waals surface area contributed by atoms with Gasteiger partial charge in [-0.05, 0) is 43.9 Å². The van der Waals surface area contributed by atoms with E-state index in [1.165, 1.54) is 32.1 Å². The zero-order chi connectivity index (χ0) is 12.9. The van der Waals surface area contributed by atoms with Gasteiger partial charge in [0.05, 0.1) is 0 Å². The summed E-state index contributed by atoms with van der Waals surface area (Å²) in [5, 5.41) is 0. The fourth-order valence-corrected chi connectivity index (χ4v) is 1.68. The molecule has 1 atom stereocenters. The minimum atomic E-state index is 0.645. The number of allylic oxidation sites excluding steroid dienone is 5. The molecule has 0 nitrogen and oxygen atoms in total. The molecule has 0 aliphatic heterocycles. The highest BCUT2D eigenvalue weighted by Crippen LogP contribution is 2.14.